The average Bonchev–Trinajstić information content (AvgIpc) is 2.33. The van der Waals surface area contributed by atoms with Gasteiger partial charge in [0.15, 0.2) is 0 Å². The summed E-state index contributed by atoms with van der Waals surface area (Å²) in [6.45, 7) is 0.183. The van der Waals surface area contributed by atoms with Gasteiger partial charge in [0.1, 0.15) is 0 Å². The van der Waals surface area contributed by atoms with Crippen LogP contribution in [0.2, 0.25) is 5.02 Å². The number of thioether (sulfide) groups is 1. The molecule has 0 spiro atoms. The van der Waals surface area contributed by atoms with Crippen LogP contribution in [0.3, 0.4) is 0 Å². The molecule has 0 bridgehead atoms. The summed E-state index contributed by atoms with van der Waals surface area (Å²) in [6, 6.07) is 7.65. The molecule has 1 atom stereocenters. The van der Waals surface area contributed by atoms with Crippen molar-refractivity contribution in [1.82, 2.24) is 0 Å². The number of anilines is 1. The van der Waals surface area contributed by atoms with Gasteiger partial charge in [0.05, 0.1) is 12.1 Å². The molecule has 1 fully saturated rings. The molecule has 1 heterocycles. The maximum absolute atomic E-state index is 9.56. The number of halogens is 1. The van der Waals surface area contributed by atoms with Gasteiger partial charge in [-0.05, 0) is 42.9 Å². The van der Waals surface area contributed by atoms with Gasteiger partial charge in [0, 0.05) is 16.5 Å². The molecule has 0 amide bonds. The van der Waals surface area contributed by atoms with Crippen LogP contribution in [0.25, 0.3) is 0 Å². The second-order valence-corrected chi connectivity index (χ2v) is 5.77. The number of hydrogen-bond donors (Lipinski definition) is 2. The van der Waals surface area contributed by atoms with Crippen molar-refractivity contribution in [1.29, 1.82) is 0 Å². The lowest BCUT2D eigenvalue weighted by molar-refractivity contribution is 0.215. The van der Waals surface area contributed by atoms with Crippen LogP contribution in [0.15, 0.2) is 24.3 Å². The van der Waals surface area contributed by atoms with Crippen molar-refractivity contribution < 1.29 is 5.11 Å². The van der Waals surface area contributed by atoms with E-state index in [4.69, 9.17) is 11.6 Å². The first kappa shape index (κ1) is 12.1. The van der Waals surface area contributed by atoms with Crippen molar-refractivity contribution >= 4 is 29.1 Å². The number of benzene rings is 1. The van der Waals surface area contributed by atoms with E-state index in [-0.39, 0.29) is 12.1 Å². The summed E-state index contributed by atoms with van der Waals surface area (Å²) in [5, 5.41) is 13.7. The average molecular weight is 258 g/mol. The molecule has 16 heavy (non-hydrogen) atoms. The second-order valence-electron chi connectivity index (χ2n) is 4.23. The predicted octanol–water partition coefficient (Wildman–Crippen LogP) is 3.01. The largest absolute Gasteiger partial charge is 0.394 e. The minimum absolute atomic E-state index is 0.156. The Balaban J connectivity index is 2.08. The lowest BCUT2D eigenvalue weighted by Gasteiger charge is -2.37. The fraction of sp³-hybridized carbons (Fsp3) is 0.500. The maximum atomic E-state index is 9.56. The summed E-state index contributed by atoms with van der Waals surface area (Å²) in [5.41, 5.74) is 0.873. The first-order chi connectivity index (χ1) is 7.74. The molecule has 1 aromatic rings. The molecular weight excluding hydrogens is 242 g/mol. The normalized spacial score (nSPS) is 25.4. The number of rotatable bonds is 3. The standard InChI is InChI=1S/C12H16ClNOS/c13-10-2-4-11(5-3-10)14-12(8-15)6-1-7-16-9-12/h2-5,14-15H,1,6-9H2. The van der Waals surface area contributed by atoms with Crippen LogP contribution in [-0.2, 0) is 0 Å². The first-order valence-electron chi connectivity index (χ1n) is 5.46. The monoisotopic (exact) mass is 257 g/mol. The molecule has 1 aliphatic heterocycles. The topological polar surface area (TPSA) is 32.3 Å². The van der Waals surface area contributed by atoms with E-state index in [9.17, 15) is 5.11 Å². The van der Waals surface area contributed by atoms with Gasteiger partial charge in [-0.1, -0.05) is 11.6 Å². The van der Waals surface area contributed by atoms with Crippen molar-refractivity contribution in [3.63, 3.8) is 0 Å². The Morgan fingerprint density at radius 2 is 2.12 bits per heavy atom. The molecule has 0 radical (unpaired) electrons. The van der Waals surface area contributed by atoms with Gasteiger partial charge < -0.3 is 10.4 Å². The fourth-order valence-corrected chi connectivity index (χ4v) is 3.27. The number of hydrogen-bond acceptors (Lipinski definition) is 3. The zero-order valence-corrected chi connectivity index (χ0v) is 10.7. The van der Waals surface area contributed by atoms with E-state index >= 15 is 0 Å². The highest BCUT2D eigenvalue weighted by Crippen LogP contribution is 2.30. The van der Waals surface area contributed by atoms with Gasteiger partial charge in [0.2, 0.25) is 0 Å². The van der Waals surface area contributed by atoms with Gasteiger partial charge in [0.25, 0.3) is 0 Å². The Morgan fingerprint density at radius 3 is 2.69 bits per heavy atom. The van der Waals surface area contributed by atoms with Crippen molar-refractivity contribution in [2.45, 2.75) is 18.4 Å². The van der Waals surface area contributed by atoms with Gasteiger partial charge in [-0.25, -0.2) is 0 Å². The molecule has 0 aliphatic carbocycles. The number of aliphatic hydroxyl groups excluding tert-OH is 1. The highest BCUT2D eigenvalue weighted by molar-refractivity contribution is 7.99. The van der Waals surface area contributed by atoms with Crippen molar-refractivity contribution in [2.24, 2.45) is 0 Å². The van der Waals surface area contributed by atoms with Gasteiger partial charge >= 0.3 is 0 Å². The summed E-state index contributed by atoms with van der Waals surface area (Å²) < 4.78 is 0. The van der Waals surface area contributed by atoms with Crippen molar-refractivity contribution in [3.05, 3.63) is 29.3 Å². The summed E-state index contributed by atoms with van der Waals surface area (Å²) in [4.78, 5) is 0. The van der Waals surface area contributed by atoms with Crippen LogP contribution in [0.1, 0.15) is 12.8 Å². The summed E-state index contributed by atoms with van der Waals surface area (Å²) in [7, 11) is 0. The van der Waals surface area contributed by atoms with Crippen LogP contribution >= 0.6 is 23.4 Å². The molecule has 1 aromatic carbocycles. The molecule has 4 heteroatoms. The van der Waals surface area contributed by atoms with Crippen LogP contribution < -0.4 is 5.32 Å². The fourth-order valence-electron chi connectivity index (χ4n) is 1.95. The van der Waals surface area contributed by atoms with E-state index in [1.807, 2.05) is 36.0 Å². The minimum Gasteiger partial charge on any atom is -0.394 e. The third-order valence-corrected chi connectivity index (χ3v) is 4.46. The Labute approximate surface area is 105 Å². The van der Waals surface area contributed by atoms with Crippen LogP contribution in [0.5, 0.6) is 0 Å². The third kappa shape index (κ3) is 2.84. The lowest BCUT2D eigenvalue weighted by atomic mass is 9.96. The van der Waals surface area contributed by atoms with E-state index in [1.165, 1.54) is 5.75 Å². The van der Waals surface area contributed by atoms with Crippen LogP contribution in [0.4, 0.5) is 5.69 Å². The van der Waals surface area contributed by atoms with E-state index in [0.29, 0.717) is 0 Å². The van der Waals surface area contributed by atoms with Gasteiger partial charge in [-0.3, -0.25) is 0 Å². The SMILES string of the molecule is OCC1(Nc2ccc(Cl)cc2)CCCSC1. The highest BCUT2D eigenvalue weighted by atomic mass is 35.5. The molecule has 2 nitrogen and oxygen atoms in total. The zero-order valence-electron chi connectivity index (χ0n) is 9.08. The molecule has 1 unspecified atom stereocenters. The van der Waals surface area contributed by atoms with Crippen molar-refractivity contribution in [3.8, 4) is 0 Å². The van der Waals surface area contributed by atoms with Crippen LogP contribution in [0, 0.1) is 0 Å². The Hall–Kier alpha value is -0.380. The minimum atomic E-state index is -0.156. The highest BCUT2D eigenvalue weighted by Gasteiger charge is 2.31. The van der Waals surface area contributed by atoms with E-state index in [1.54, 1.807) is 0 Å². The Morgan fingerprint density at radius 1 is 1.38 bits per heavy atom. The van der Waals surface area contributed by atoms with Crippen molar-refractivity contribution in [2.75, 3.05) is 23.4 Å². The smallest absolute Gasteiger partial charge is 0.0694 e. The van der Waals surface area contributed by atoms with Crippen LogP contribution in [-0.4, -0.2) is 28.8 Å². The number of aliphatic hydroxyl groups is 1. The van der Waals surface area contributed by atoms with E-state index in [0.717, 1.165) is 29.3 Å². The van der Waals surface area contributed by atoms with Gasteiger partial charge in [-0.2, -0.15) is 11.8 Å². The maximum Gasteiger partial charge on any atom is 0.0694 e. The molecular formula is C12H16ClNOS. The predicted molar refractivity (Wildman–Crippen MR) is 71.5 cm³/mol. The Kier molecular flexibility index (Phi) is 4.00. The molecule has 2 rings (SSSR count). The summed E-state index contributed by atoms with van der Waals surface area (Å²) >= 11 is 7.74. The summed E-state index contributed by atoms with van der Waals surface area (Å²) in [5.74, 6) is 2.16. The first-order valence-corrected chi connectivity index (χ1v) is 7.00. The molecule has 1 saturated heterocycles. The molecule has 2 N–H and O–H groups in total. The zero-order chi connectivity index (χ0) is 11.4. The quantitative estimate of drug-likeness (QED) is 0.873. The molecule has 88 valence electrons. The molecule has 0 saturated carbocycles. The third-order valence-electron chi connectivity index (χ3n) is 2.88. The molecule has 0 aromatic heterocycles. The number of nitrogens with one attached hydrogen (secondary N) is 1. The second kappa shape index (κ2) is 5.30. The Bertz CT molecular complexity index is 335. The van der Waals surface area contributed by atoms with Gasteiger partial charge in [-0.15, -0.1) is 0 Å². The summed E-state index contributed by atoms with van der Waals surface area (Å²) in [6.07, 6.45) is 2.19. The lowest BCUT2D eigenvalue weighted by Crippen LogP contribution is -2.46. The van der Waals surface area contributed by atoms with E-state index < -0.39 is 0 Å². The van der Waals surface area contributed by atoms with E-state index in [2.05, 4.69) is 5.32 Å². The molecule has 1 aliphatic rings.